The molecule has 5 aromatic carbocycles. The van der Waals surface area contributed by atoms with Crippen molar-refractivity contribution in [2.24, 2.45) is 0 Å². The minimum absolute atomic E-state index is 0.00134. The van der Waals surface area contributed by atoms with E-state index in [0.717, 1.165) is 22.8 Å². The van der Waals surface area contributed by atoms with Crippen molar-refractivity contribution in [2.45, 2.75) is 52.4 Å². The van der Waals surface area contributed by atoms with Crippen molar-refractivity contribution in [2.75, 3.05) is 25.6 Å². The Morgan fingerprint density at radius 1 is 0.712 bits per heavy atom. The molecule has 0 saturated heterocycles. The van der Waals surface area contributed by atoms with Gasteiger partial charge in [0.25, 0.3) is 5.91 Å². The van der Waals surface area contributed by atoms with E-state index in [4.69, 9.17) is 14.2 Å². The molecule has 5 rings (SSSR count). The highest BCUT2D eigenvalue weighted by atomic mass is 19.4. The van der Waals surface area contributed by atoms with Crippen molar-refractivity contribution in [3.63, 3.8) is 0 Å². The molecule has 0 atom stereocenters. The number of amides is 2. The maximum absolute atomic E-state index is 13.8. The summed E-state index contributed by atoms with van der Waals surface area (Å²) >= 11 is 0. The van der Waals surface area contributed by atoms with Gasteiger partial charge in [-0.05, 0) is 98.5 Å². The molecule has 0 aliphatic rings. The Kier molecular flexibility index (Phi) is 13.7. The quantitative estimate of drug-likeness (QED) is 0.0871. The lowest BCUT2D eigenvalue weighted by atomic mass is 10.0. The number of hydrogen-bond donors (Lipinski definition) is 1. The Labute approximate surface area is 339 Å². The average Bonchev–Trinajstić information content (AvgIpc) is 3.19. The third-order valence-electron chi connectivity index (χ3n) is 8.91. The zero-order chi connectivity index (χ0) is 42.9. The van der Waals surface area contributed by atoms with Gasteiger partial charge >= 0.3 is 18.1 Å². The Balaban J connectivity index is 1.21. The minimum Gasteiger partial charge on any atom is -0.497 e. The fourth-order valence-electron chi connectivity index (χ4n) is 5.95. The summed E-state index contributed by atoms with van der Waals surface area (Å²) in [4.78, 5) is 66.3. The first-order valence-corrected chi connectivity index (χ1v) is 18.5. The number of halogens is 3. The fraction of sp³-hybridized carbons (Fsp3) is 0.239. The maximum Gasteiger partial charge on any atom is 0.416 e. The molecular formula is C46H43F3N2O8. The van der Waals surface area contributed by atoms with E-state index in [2.05, 4.69) is 5.32 Å². The predicted octanol–water partition coefficient (Wildman–Crippen LogP) is 8.89. The second-order valence-electron chi connectivity index (χ2n) is 14.7. The summed E-state index contributed by atoms with van der Waals surface area (Å²) in [5.41, 5.74) is 2.54. The van der Waals surface area contributed by atoms with Gasteiger partial charge in [-0.3, -0.25) is 19.2 Å². The summed E-state index contributed by atoms with van der Waals surface area (Å²) in [6.07, 6.45) is -5.27. The number of methoxy groups -OCH3 is 1. The molecule has 13 heteroatoms. The second kappa shape index (κ2) is 18.7. The molecule has 1 N–H and O–H groups in total. The predicted molar refractivity (Wildman–Crippen MR) is 215 cm³/mol. The van der Waals surface area contributed by atoms with Crippen LogP contribution in [0.2, 0.25) is 0 Å². The number of ether oxygens (including phenoxy) is 3. The summed E-state index contributed by atoms with van der Waals surface area (Å²) in [5, 5.41) is 2.54. The molecule has 0 aliphatic heterocycles. The van der Waals surface area contributed by atoms with Gasteiger partial charge in [-0.1, -0.05) is 72.3 Å². The van der Waals surface area contributed by atoms with Gasteiger partial charge in [0.15, 0.2) is 12.4 Å². The Bertz CT molecular complexity index is 2300. The standard InChI is InChI=1S/C46H43F3N2O8/c1-29-6-10-31(11-7-29)32-14-16-33(17-15-32)40(52)28-58-44(56)35-12-8-30(9-13-35)26-51(27-42(54)59-45(2,3)4)43(55)34-18-21-37(22-19-34)50-41(53)24-36-20-23-38(57-5)25-39(36)46(47,48)49/h6-23,25H,24,26-28H2,1-5H3,(H,50,53). The van der Waals surface area contributed by atoms with Crippen LogP contribution in [0.5, 0.6) is 5.75 Å². The third-order valence-corrected chi connectivity index (χ3v) is 8.91. The number of ketones is 1. The first-order chi connectivity index (χ1) is 27.9. The number of carbonyl (C=O) groups is 5. The average molecular weight is 809 g/mol. The molecule has 5 aromatic rings. The number of hydrogen-bond acceptors (Lipinski definition) is 8. The van der Waals surface area contributed by atoms with Crippen molar-refractivity contribution < 1.29 is 51.4 Å². The van der Waals surface area contributed by atoms with Gasteiger partial charge in [0, 0.05) is 23.4 Å². The number of rotatable bonds is 14. The molecule has 0 heterocycles. The van der Waals surface area contributed by atoms with Crippen molar-refractivity contribution in [1.82, 2.24) is 4.90 Å². The second-order valence-corrected chi connectivity index (χ2v) is 14.7. The summed E-state index contributed by atoms with van der Waals surface area (Å²) in [5.74, 6) is -3.03. The largest absolute Gasteiger partial charge is 0.497 e. The lowest BCUT2D eigenvalue weighted by Gasteiger charge is -2.25. The monoisotopic (exact) mass is 808 g/mol. The van der Waals surface area contributed by atoms with Crippen molar-refractivity contribution >= 4 is 35.2 Å². The van der Waals surface area contributed by atoms with Crippen LogP contribution in [-0.2, 0) is 38.2 Å². The molecule has 59 heavy (non-hydrogen) atoms. The van der Waals surface area contributed by atoms with E-state index in [0.29, 0.717) is 11.1 Å². The van der Waals surface area contributed by atoms with Crippen LogP contribution >= 0.6 is 0 Å². The number of benzene rings is 5. The van der Waals surface area contributed by atoms with Crippen molar-refractivity contribution in [3.05, 3.63) is 154 Å². The number of esters is 2. The van der Waals surface area contributed by atoms with E-state index >= 15 is 0 Å². The van der Waals surface area contributed by atoms with Crippen LogP contribution in [0.25, 0.3) is 11.1 Å². The molecule has 0 saturated carbocycles. The van der Waals surface area contributed by atoms with Crippen molar-refractivity contribution in [3.8, 4) is 16.9 Å². The van der Waals surface area contributed by atoms with Crippen molar-refractivity contribution in [1.29, 1.82) is 0 Å². The molecule has 0 aliphatic carbocycles. The molecule has 0 spiro atoms. The van der Waals surface area contributed by atoms with E-state index in [1.54, 1.807) is 45.0 Å². The Morgan fingerprint density at radius 2 is 1.29 bits per heavy atom. The smallest absolute Gasteiger partial charge is 0.416 e. The van der Waals surface area contributed by atoms with Crippen LogP contribution in [0.3, 0.4) is 0 Å². The molecule has 306 valence electrons. The number of Topliss-reactive ketones (excluding diaryl/α,β-unsaturated/α-hetero) is 1. The van der Waals surface area contributed by atoms with Gasteiger partial charge < -0.3 is 24.4 Å². The summed E-state index contributed by atoms with van der Waals surface area (Å²) in [6.45, 7) is 6.13. The Hall–Kier alpha value is -6.76. The highest BCUT2D eigenvalue weighted by Gasteiger charge is 2.34. The van der Waals surface area contributed by atoms with Crippen LogP contribution in [0.4, 0.5) is 18.9 Å². The van der Waals surface area contributed by atoms with Gasteiger partial charge in [0.2, 0.25) is 5.91 Å². The SMILES string of the molecule is COc1ccc(CC(=O)Nc2ccc(C(=O)N(CC(=O)OC(C)(C)C)Cc3ccc(C(=O)OCC(=O)c4ccc(-c5ccc(C)cc5)cc4)cc3)cc2)c(C(F)(F)F)c1. The number of anilines is 1. The first kappa shape index (κ1) is 43.4. The molecule has 0 unspecified atom stereocenters. The zero-order valence-corrected chi connectivity index (χ0v) is 33.1. The van der Waals surface area contributed by atoms with E-state index in [9.17, 15) is 37.1 Å². The Morgan fingerprint density at radius 3 is 1.86 bits per heavy atom. The van der Waals surface area contributed by atoms with Gasteiger partial charge in [-0.2, -0.15) is 13.2 Å². The van der Waals surface area contributed by atoms with E-state index in [1.807, 2.05) is 43.3 Å². The van der Waals surface area contributed by atoms with Gasteiger partial charge in [-0.15, -0.1) is 0 Å². The van der Waals surface area contributed by atoms with Crippen LogP contribution in [-0.4, -0.2) is 60.3 Å². The van der Waals surface area contributed by atoms with Gasteiger partial charge in [0.1, 0.15) is 17.9 Å². The number of nitrogens with one attached hydrogen (secondary N) is 1. The van der Waals surface area contributed by atoms with Crippen LogP contribution in [0, 0.1) is 6.92 Å². The number of aryl methyl sites for hydroxylation is 1. The third kappa shape index (κ3) is 12.4. The highest BCUT2D eigenvalue weighted by molar-refractivity contribution is 6.00. The van der Waals surface area contributed by atoms with Gasteiger partial charge in [0.05, 0.1) is 24.7 Å². The number of alkyl halides is 3. The number of carbonyl (C=O) groups excluding carboxylic acids is 5. The van der Waals surface area contributed by atoms with Crippen LogP contribution in [0.1, 0.15) is 74.1 Å². The molecule has 0 aromatic heterocycles. The first-order valence-electron chi connectivity index (χ1n) is 18.5. The van der Waals surface area contributed by atoms with E-state index in [-0.39, 0.29) is 40.5 Å². The normalized spacial score (nSPS) is 11.3. The molecular weight excluding hydrogens is 766 g/mol. The molecule has 2 amide bonds. The highest BCUT2D eigenvalue weighted by Crippen LogP contribution is 2.35. The van der Waals surface area contributed by atoms with E-state index < -0.39 is 60.7 Å². The van der Waals surface area contributed by atoms with E-state index in [1.165, 1.54) is 60.5 Å². The molecule has 0 fully saturated rings. The van der Waals surface area contributed by atoms with Crippen LogP contribution in [0.15, 0.2) is 115 Å². The van der Waals surface area contributed by atoms with Gasteiger partial charge in [-0.25, -0.2) is 4.79 Å². The zero-order valence-electron chi connectivity index (χ0n) is 33.1. The lowest BCUT2D eigenvalue weighted by molar-refractivity contribution is -0.155. The minimum atomic E-state index is -4.70. The summed E-state index contributed by atoms with van der Waals surface area (Å²) < 4.78 is 56.6. The lowest BCUT2D eigenvalue weighted by Crippen LogP contribution is -2.38. The number of nitrogens with zero attached hydrogens (tertiary/aromatic N) is 1. The summed E-state index contributed by atoms with van der Waals surface area (Å²) in [7, 11) is 1.24. The fourth-order valence-corrected chi connectivity index (χ4v) is 5.95. The summed E-state index contributed by atoms with van der Waals surface area (Å²) in [6, 6.07) is 30.2. The topological polar surface area (TPSA) is 128 Å². The molecule has 0 bridgehead atoms. The molecule has 10 nitrogen and oxygen atoms in total. The van der Waals surface area contributed by atoms with Crippen LogP contribution < -0.4 is 10.1 Å². The maximum atomic E-state index is 13.8. The molecule has 0 radical (unpaired) electrons.